The van der Waals surface area contributed by atoms with Crippen LogP contribution in [0.15, 0.2) is 36.5 Å². The van der Waals surface area contributed by atoms with Crippen LogP contribution in [0.1, 0.15) is 10.4 Å². The van der Waals surface area contributed by atoms with E-state index in [4.69, 9.17) is 33.0 Å². The van der Waals surface area contributed by atoms with Gasteiger partial charge in [0, 0.05) is 6.20 Å². The monoisotopic (exact) mass is 283 g/mol. The van der Waals surface area contributed by atoms with Gasteiger partial charge >= 0.3 is 5.97 Å². The summed E-state index contributed by atoms with van der Waals surface area (Å²) in [5.74, 6) is -0.618. The molecule has 6 heteroatoms. The molecule has 0 saturated heterocycles. The lowest BCUT2D eigenvalue weighted by Crippen LogP contribution is -1.98. The van der Waals surface area contributed by atoms with Gasteiger partial charge in [0.1, 0.15) is 10.8 Å². The number of benzene rings is 1. The van der Waals surface area contributed by atoms with Gasteiger partial charge in [-0.25, -0.2) is 9.78 Å². The zero-order chi connectivity index (χ0) is 13.1. The molecule has 0 spiro atoms. The van der Waals surface area contributed by atoms with Crippen LogP contribution in [-0.2, 0) is 0 Å². The van der Waals surface area contributed by atoms with E-state index in [9.17, 15) is 4.79 Å². The highest BCUT2D eigenvalue weighted by Crippen LogP contribution is 2.29. The van der Waals surface area contributed by atoms with E-state index in [1.165, 1.54) is 18.3 Å². The summed E-state index contributed by atoms with van der Waals surface area (Å²) in [6, 6.07) is 7.59. The van der Waals surface area contributed by atoms with Crippen molar-refractivity contribution in [3.05, 3.63) is 52.1 Å². The molecule has 4 nitrogen and oxygen atoms in total. The molecule has 18 heavy (non-hydrogen) atoms. The van der Waals surface area contributed by atoms with Crippen molar-refractivity contribution in [2.75, 3.05) is 0 Å². The van der Waals surface area contributed by atoms with Gasteiger partial charge in [0.15, 0.2) is 0 Å². The molecule has 0 saturated carbocycles. The Labute approximate surface area is 113 Å². The molecule has 92 valence electrons. The smallest absolute Gasteiger partial charge is 0.337 e. The van der Waals surface area contributed by atoms with Crippen LogP contribution in [0, 0.1) is 0 Å². The summed E-state index contributed by atoms with van der Waals surface area (Å²) in [7, 11) is 0. The number of carboxylic acid groups (broad SMARTS) is 1. The first-order valence-electron chi connectivity index (χ1n) is 4.89. The van der Waals surface area contributed by atoms with Gasteiger partial charge in [-0.3, -0.25) is 0 Å². The normalized spacial score (nSPS) is 10.1. The highest BCUT2D eigenvalue weighted by Gasteiger charge is 2.11. The van der Waals surface area contributed by atoms with E-state index in [0.29, 0.717) is 10.8 Å². The van der Waals surface area contributed by atoms with Crippen LogP contribution < -0.4 is 4.74 Å². The fourth-order valence-corrected chi connectivity index (χ4v) is 1.65. The highest BCUT2D eigenvalue weighted by molar-refractivity contribution is 6.33. The summed E-state index contributed by atoms with van der Waals surface area (Å²) in [6.07, 6.45) is 1.52. The molecular weight excluding hydrogens is 277 g/mol. The molecule has 2 aromatic rings. The molecule has 0 bridgehead atoms. The molecule has 0 fully saturated rings. The minimum Gasteiger partial charge on any atom is -0.478 e. The first-order valence-corrected chi connectivity index (χ1v) is 5.65. The number of aromatic nitrogens is 1. The first kappa shape index (κ1) is 12.7. The summed E-state index contributed by atoms with van der Waals surface area (Å²) in [6.45, 7) is 0. The number of ether oxygens (including phenoxy) is 1. The van der Waals surface area contributed by atoms with Gasteiger partial charge in [0.25, 0.3) is 0 Å². The average Bonchev–Trinajstić information content (AvgIpc) is 2.34. The molecule has 0 radical (unpaired) electrons. The number of hydrogen-bond acceptors (Lipinski definition) is 3. The number of nitrogens with zero attached hydrogens (tertiary/aromatic N) is 1. The molecule has 1 heterocycles. The summed E-state index contributed by atoms with van der Waals surface area (Å²) in [4.78, 5) is 14.8. The van der Waals surface area contributed by atoms with Gasteiger partial charge in [0.05, 0.1) is 10.6 Å². The maximum absolute atomic E-state index is 10.9. The largest absolute Gasteiger partial charge is 0.478 e. The van der Waals surface area contributed by atoms with Crippen LogP contribution in [0.4, 0.5) is 0 Å². The second-order valence-electron chi connectivity index (χ2n) is 3.34. The number of carbonyl (C=O) groups is 1. The average molecular weight is 284 g/mol. The second-order valence-corrected chi connectivity index (χ2v) is 4.15. The van der Waals surface area contributed by atoms with Gasteiger partial charge in [-0.05, 0) is 30.3 Å². The van der Waals surface area contributed by atoms with Crippen LogP contribution in [0.5, 0.6) is 11.6 Å². The van der Waals surface area contributed by atoms with Crippen molar-refractivity contribution in [3.63, 3.8) is 0 Å². The van der Waals surface area contributed by atoms with E-state index in [1.807, 2.05) is 0 Å². The second kappa shape index (κ2) is 5.25. The van der Waals surface area contributed by atoms with Gasteiger partial charge in [0.2, 0.25) is 5.88 Å². The Morgan fingerprint density at radius 1 is 1.22 bits per heavy atom. The third-order valence-corrected chi connectivity index (χ3v) is 2.72. The molecule has 0 aliphatic heterocycles. The lowest BCUT2D eigenvalue weighted by molar-refractivity contribution is 0.0696. The number of halogens is 2. The van der Waals surface area contributed by atoms with Gasteiger partial charge in [-0.2, -0.15) is 0 Å². The maximum Gasteiger partial charge on any atom is 0.337 e. The van der Waals surface area contributed by atoms with Crippen LogP contribution in [0.2, 0.25) is 10.0 Å². The van der Waals surface area contributed by atoms with Gasteiger partial charge < -0.3 is 9.84 Å². The Balaban J connectivity index is 2.33. The van der Waals surface area contributed by atoms with Crippen molar-refractivity contribution in [1.29, 1.82) is 0 Å². The van der Waals surface area contributed by atoms with Crippen LogP contribution in [-0.4, -0.2) is 16.1 Å². The molecule has 1 aromatic heterocycles. The molecular formula is C12H7Cl2NO3. The lowest BCUT2D eigenvalue weighted by atomic mass is 10.2. The Bertz CT molecular complexity index is 602. The Kier molecular flexibility index (Phi) is 3.69. The van der Waals surface area contributed by atoms with Gasteiger partial charge in [-0.15, -0.1) is 0 Å². The van der Waals surface area contributed by atoms with E-state index in [-0.39, 0.29) is 16.5 Å². The Morgan fingerprint density at radius 3 is 2.67 bits per heavy atom. The van der Waals surface area contributed by atoms with Crippen molar-refractivity contribution < 1.29 is 14.6 Å². The quantitative estimate of drug-likeness (QED) is 0.929. The van der Waals surface area contributed by atoms with Crippen molar-refractivity contribution >= 4 is 29.2 Å². The molecule has 0 unspecified atom stereocenters. The number of hydrogen-bond donors (Lipinski definition) is 1. The molecule has 0 aliphatic rings. The van der Waals surface area contributed by atoms with Crippen molar-refractivity contribution in [1.82, 2.24) is 4.98 Å². The lowest BCUT2D eigenvalue weighted by Gasteiger charge is -2.07. The fraction of sp³-hybridized carbons (Fsp3) is 0. The highest BCUT2D eigenvalue weighted by atomic mass is 35.5. The van der Waals surface area contributed by atoms with Crippen LogP contribution in [0.25, 0.3) is 0 Å². The summed E-state index contributed by atoms with van der Waals surface area (Å²) in [5, 5.41) is 9.41. The molecule has 0 aliphatic carbocycles. The zero-order valence-electron chi connectivity index (χ0n) is 8.93. The van der Waals surface area contributed by atoms with Gasteiger partial charge in [-0.1, -0.05) is 23.2 Å². The standard InChI is InChI=1S/C12H7Cl2NO3/c13-9-4-3-7(6-8(9)12(16)17)18-11-10(14)2-1-5-15-11/h1-6H,(H,16,17). The summed E-state index contributed by atoms with van der Waals surface area (Å²) >= 11 is 11.6. The van der Waals surface area contributed by atoms with Crippen LogP contribution >= 0.6 is 23.2 Å². The summed E-state index contributed by atoms with van der Waals surface area (Å²) < 4.78 is 5.39. The molecule has 0 atom stereocenters. The third-order valence-electron chi connectivity index (χ3n) is 2.11. The van der Waals surface area contributed by atoms with Crippen LogP contribution in [0.3, 0.4) is 0 Å². The first-order chi connectivity index (χ1) is 8.58. The fourth-order valence-electron chi connectivity index (χ4n) is 1.29. The van der Waals surface area contributed by atoms with E-state index in [2.05, 4.69) is 4.98 Å². The number of carboxylic acids is 1. The van der Waals surface area contributed by atoms with E-state index < -0.39 is 5.97 Å². The van der Waals surface area contributed by atoms with E-state index in [0.717, 1.165) is 0 Å². The predicted molar refractivity (Wildman–Crippen MR) is 67.7 cm³/mol. The Hall–Kier alpha value is -1.78. The van der Waals surface area contributed by atoms with E-state index in [1.54, 1.807) is 18.2 Å². The number of rotatable bonds is 3. The predicted octanol–water partition coefficient (Wildman–Crippen LogP) is 3.88. The minimum atomic E-state index is -1.13. The number of pyridine rings is 1. The van der Waals surface area contributed by atoms with Crippen molar-refractivity contribution in [3.8, 4) is 11.6 Å². The van der Waals surface area contributed by atoms with Crippen molar-refractivity contribution in [2.45, 2.75) is 0 Å². The molecule has 1 aromatic carbocycles. The maximum atomic E-state index is 10.9. The molecule has 2 rings (SSSR count). The zero-order valence-corrected chi connectivity index (χ0v) is 10.4. The minimum absolute atomic E-state index is 0.0405. The van der Waals surface area contributed by atoms with Crippen molar-refractivity contribution in [2.24, 2.45) is 0 Å². The topological polar surface area (TPSA) is 59.4 Å². The molecule has 1 N–H and O–H groups in total. The third kappa shape index (κ3) is 2.72. The SMILES string of the molecule is O=C(O)c1cc(Oc2ncccc2Cl)ccc1Cl. The number of aromatic carboxylic acids is 1. The Morgan fingerprint density at radius 2 is 2.00 bits per heavy atom. The molecule has 0 amide bonds. The summed E-state index contributed by atoms with van der Waals surface area (Å²) in [5.41, 5.74) is -0.0405. The van der Waals surface area contributed by atoms with E-state index >= 15 is 0 Å².